The molecule has 1 N–H and O–H groups in total. The van der Waals surface area contributed by atoms with Crippen molar-refractivity contribution in [2.45, 2.75) is 71.3 Å². The summed E-state index contributed by atoms with van der Waals surface area (Å²) in [6.07, 6.45) is 6.30. The zero-order chi connectivity index (χ0) is 17.6. The highest BCUT2D eigenvalue weighted by molar-refractivity contribution is 5.94. The lowest BCUT2D eigenvalue weighted by Gasteiger charge is -2.35. The van der Waals surface area contributed by atoms with Gasteiger partial charge in [-0.25, -0.2) is 0 Å². The third-order valence-electron chi connectivity index (χ3n) is 5.14. The van der Waals surface area contributed by atoms with Gasteiger partial charge in [0.1, 0.15) is 0 Å². The van der Waals surface area contributed by atoms with Crippen molar-refractivity contribution >= 4 is 5.91 Å². The minimum Gasteiger partial charge on any atom is -0.352 e. The molecule has 1 atom stereocenters. The zero-order valence-corrected chi connectivity index (χ0v) is 15.9. The van der Waals surface area contributed by atoms with E-state index in [1.807, 2.05) is 12.1 Å². The maximum Gasteiger partial charge on any atom is 0.251 e. The van der Waals surface area contributed by atoms with Crippen LogP contribution < -0.4 is 5.32 Å². The Labute approximate surface area is 147 Å². The average molecular weight is 331 g/mol. The standard InChI is InChI=1S/C21H34N2O/c1-5-19-9-6-7-15-23(19)16-8-14-22-20(24)17-10-12-18(13-11-17)21(2,3)4/h10-13,19H,5-9,14-16H2,1-4H3,(H,22,24). The zero-order valence-electron chi connectivity index (χ0n) is 15.9. The topological polar surface area (TPSA) is 32.3 Å². The lowest BCUT2D eigenvalue weighted by molar-refractivity contribution is 0.0947. The molecule has 1 aliphatic rings. The van der Waals surface area contributed by atoms with Crippen LogP contribution in [0, 0.1) is 0 Å². The van der Waals surface area contributed by atoms with Gasteiger partial charge in [-0.15, -0.1) is 0 Å². The number of amides is 1. The Morgan fingerprint density at radius 1 is 1.21 bits per heavy atom. The first-order valence-corrected chi connectivity index (χ1v) is 9.54. The number of rotatable bonds is 6. The first-order valence-electron chi connectivity index (χ1n) is 9.54. The molecule has 0 aromatic heterocycles. The fourth-order valence-corrected chi connectivity index (χ4v) is 3.52. The second kappa shape index (κ2) is 8.66. The number of hydrogen-bond donors (Lipinski definition) is 1. The van der Waals surface area contributed by atoms with Gasteiger partial charge >= 0.3 is 0 Å². The molecule has 0 radical (unpaired) electrons. The van der Waals surface area contributed by atoms with E-state index in [0.717, 1.165) is 31.1 Å². The van der Waals surface area contributed by atoms with Crippen LogP contribution in [0.5, 0.6) is 0 Å². The molecule has 0 spiro atoms. The lowest BCUT2D eigenvalue weighted by Crippen LogP contribution is -2.40. The molecule has 0 bridgehead atoms. The van der Waals surface area contributed by atoms with Crippen LogP contribution in [-0.2, 0) is 5.41 Å². The van der Waals surface area contributed by atoms with Crippen LogP contribution in [0.15, 0.2) is 24.3 Å². The van der Waals surface area contributed by atoms with Crippen LogP contribution in [0.4, 0.5) is 0 Å². The molecule has 1 amide bonds. The molecule has 0 aliphatic carbocycles. The van der Waals surface area contributed by atoms with Gasteiger partial charge in [0, 0.05) is 24.7 Å². The van der Waals surface area contributed by atoms with E-state index in [0.29, 0.717) is 0 Å². The molecule has 24 heavy (non-hydrogen) atoms. The van der Waals surface area contributed by atoms with Crippen molar-refractivity contribution in [2.24, 2.45) is 0 Å². The van der Waals surface area contributed by atoms with Crippen LogP contribution in [0.3, 0.4) is 0 Å². The van der Waals surface area contributed by atoms with Gasteiger partial charge in [0.2, 0.25) is 0 Å². The monoisotopic (exact) mass is 330 g/mol. The van der Waals surface area contributed by atoms with E-state index >= 15 is 0 Å². The van der Waals surface area contributed by atoms with Crippen molar-refractivity contribution in [3.63, 3.8) is 0 Å². The SMILES string of the molecule is CCC1CCCCN1CCCNC(=O)c1ccc(C(C)(C)C)cc1. The summed E-state index contributed by atoms with van der Waals surface area (Å²) >= 11 is 0. The molecular formula is C21H34N2O. The molecule has 1 fully saturated rings. The second-order valence-electron chi connectivity index (χ2n) is 8.03. The summed E-state index contributed by atoms with van der Waals surface area (Å²) < 4.78 is 0. The number of likely N-dealkylation sites (tertiary alicyclic amines) is 1. The summed E-state index contributed by atoms with van der Waals surface area (Å²) in [5.74, 6) is 0.0427. The molecule has 1 aromatic rings. The van der Waals surface area contributed by atoms with Crippen LogP contribution in [0.2, 0.25) is 0 Å². The predicted molar refractivity (Wildman–Crippen MR) is 102 cm³/mol. The van der Waals surface area contributed by atoms with Crippen molar-refractivity contribution in [3.05, 3.63) is 35.4 Å². The molecule has 2 rings (SSSR count). The molecule has 1 unspecified atom stereocenters. The average Bonchev–Trinajstić information content (AvgIpc) is 2.58. The molecule has 0 saturated carbocycles. The Balaban J connectivity index is 1.75. The van der Waals surface area contributed by atoms with Crippen molar-refractivity contribution in [1.29, 1.82) is 0 Å². The number of piperidine rings is 1. The van der Waals surface area contributed by atoms with Crippen molar-refractivity contribution < 1.29 is 4.79 Å². The van der Waals surface area contributed by atoms with E-state index in [2.05, 4.69) is 50.0 Å². The second-order valence-corrected chi connectivity index (χ2v) is 8.03. The molecule has 1 aromatic carbocycles. The summed E-state index contributed by atoms with van der Waals surface area (Å²) in [6, 6.07) is 8.75. The number of carbonyl (C=O) groups is 1. The maximum atomic E-state index is 12.3. The number of nitrogens with zero attached hydrogens (tertiary/aromatic N) is 1. The lowest BCUT2D eigenvalue weighted by atomic mass is 9.87. The van der Waals surface area contributed by atoms with E-state index in [9.17, 15) is 4.79 Å². The highest BCUT2D eigenvalue weighted by Gasteiger charge is 2.20. The summed E-state index contributed by atoms with van der Waals surface area (Å²) in [5.41, 5.74) is 2.14. The quantitative estimate of drug-likeness (QED) is 0.786. The van der Waals surface area contributed by atoms with E-state index in [-0.39, 0.29) is 11.3 Å². The number of carbonyl (C=O) groups excluding carboxylic acids is 1. The molecule has 134 valence electrons. The van der Waals surface area contributed by atoms with E-state index in [4.69, 9.17) is 0 Å². The minimum atomic E-state index is 0.0427. The van der Waals surface area contributed by atoms with E-state index in [1.165, 1.54) is 37.8 Å². The molecule has 1 aliphatic heterocycles. The first kappa shape index (κ1) is 19.0. The summed E-state index contributed by atoms with van der Waals surface area (Å²) in [6.45, 7) is 11.9. The summed E-state index contributed by atoms with van der Waals surface area (Å²) in [4.78, 5) is 14.9. The maximum absolute atomic E-state index is 12.3. The van der Waals surface area contributed by atoms with Crippen LogP contribution in [0.1, 0.15) is 75.7 Å². The van der Waals surface area contributed by atoms with Gasteiger partial charge in [-0.1, -0.05) is 46.2 Å². The van der Waals surface area contributed by atoms with Crippen molar-refractivity contribution in [3.8, 4) is 0 Å². The third-order valence-corrected chi connectivity index (χ3v) is 5.14. The Kier molecular flexibility index (Phi) is 6.85. The fourth-order valence-electron chi connectivity index (χ4n) is 3.52. The summed E-state index contributed by atoms with van der Waals surface area (Å²) in [7, 11) is 0. The van der Waals surface area contributed by atoms with Gasteiger partial charge in [-0.05, 0) is 55.3 Å². The highest BCUT2D eigenvalue weighted by atomic mass is 16.1. The van der Waals surface area contributed by atoms with Gasteiger partial charge in [0.15, 0.2) is 0 Å². The fraction of sp³-hybridized carbons (Fsp3) is 0.667. The Bertz CT molecular complexity index is 516. The number of benzene rings is 1. The van der Waals surface area contributed by atoms with Crippen LogP contribution >= 0.6 is 0 Å². The van der Waals surface area contributed by atoms with Gasteiger partial charge in [-0.3, -0.25) is 4.79 Å². The largest absolute Gasteiger partial charge is 0.352 e. The molecular weight excluding hydrogens is 296 g/mol. The van der Waals surface area contributed by atoms with Gasteiger partial charge in [0.25, 0.3) is 5.91 Å². The van der Waals surface area contributed by atoms with E-state index < -0.39 is 0 Å². The Morgan fingerprint density at radius 3 is 2.54 bits per heavy atom. The first-order chi connectivity index (χ1) is 11.4. The Morgan fingerprint density at radius 2 is 1.92 bits per heavy atom. The predicted octanol–water partition coefficient (Wildman–Crippen LogP) is 4.37. The Hall–Kier alpha value is -1.35. The van der Waals surface area contributed by atoms with Crippen LogP contribution in [0.25, 0.3) is 0 Å². The number of hydrogen-bond acceptors (Lipinski definition) is 2. The van der Waals surface area contributed by atoms with Crippen molar-refractivity contribution in [1.82, 2.24) is 10.2 Å². The molecule has 3 heteroatoms. The minimum absolute atomic E-state index is 0.0427. The van der Waals surface area contributed by atoms with Gasteiger partial charge in [-0.2, -0.15) is 0 Å². The summed E-state index contributed by atoms with van der Waals surface area (Å²) in [5, 5.41) is 3.06. The third kappa shape index (κ3) is 5.34. The molecule has 3 nitrogen and oxygen atoms in total. The van der Waals surface area contributed by atoms with Crippen molar-refractivity contribution in [2.75, 3.05) is 19.6 Å². The molecule has 1 heterocycles. The molecule has 1 saturated heterocycles. The van der Waals surface area contributed by atoms with Gasteiger partial charge < -0.3 is 10.2 Å². The van der Waals surface area contributed by atoms with Gasteiger partial charge in [0.05, 0.1) is 0 Å². The highest BCUT2D eigenvalue weighted by Crippen LogP contribution is 2.22. The normalized spacial score (nSPS) is 19.2. The smallest absolute Gasteiger partial charge is 0.251 e. The van der Waals surface area contributed by atoms with E-state index in [1.54, 1.807) is 0 Å². The van der Waals surface area contributed by atoms with Crippen LogP contribution in [-0.4, -0.2) is 36.5 Å². The number of nitrogens with one attached hydrogen (secondary N) is 1.